The van der Waals surface area contributed by atoms with Crippen molar-refractivity contribution in [3.05, 3.63) is 0 Å². The fraction of sp³-hybridized carbons (Fsp3) is 0.875. The van der Waals surface area contributed by atoms with Crippen molar-refractivity contribution in [2.45, 2.75) is 59.4 Å². The third kappa shape index (κ3) is 3.97. The van der Waals surface area contributed by atoms with E-state index in [0.29, 0.717) is 18.3 Å². The summed E-state index contributed by atoms with van der Waals surface area (Å²) in [4.78, 5) is 25.7. The molecular formula is C16H29NO3. The van der Waals surface area contributed by atoms with Crippen LogP contribution in [0.25, 0.3) is 0 Å². The van der Waals surface area contributed by atoms with Gasteiger partial charge < -0.3 is 10.0 Å². The second-order valence-corrected chi connectivity index (χ2v) is 6.72. The number of hydrogen-bond donors (Lipinski definition) is 1. The Kier molecular flexibility index (Phi) is 6.03. The third-order valence-electron chi connectivity index (χ3n) is 4.69. The molecule has 1 rings (SSSR count). The average Bonchev–Trinajstić information content (AvgIpc) is 2.80. The lowest BCUT2D eigenvalue weighted by molar-refractivity contribution is -0.149. The molecule has 0 spiro atoms. The van der Waals surface area contributed by atoms with Gasteiger partial charge in [0.2, 0.25) is 5.91 Å². The zero-order valence-electron chi connectivity index (χ0n) is 13.4. The summed E-state index contributed by atoms with van der Waals surface area (Å²) in [5.41, 5.74) is 0. The molecule has 4 nitrogen and oxygen atoms in total. The molecule has 4 atom stereocenters. The van der Waals surface area contributed by atoms with Gasteiger partial charge in [-0.1, -0.05) is 27.2 Å². The highest BCUT2D eigenvalue weighted by Crippen LogP contribution is 2.39. The van der Waals surface area contributed by atoms with E-state index >= 15 is 0 Å². The quantitative estimate of drug-likeness (QED) is 0.815. The summed E-state index contributed by atoms with van der Waals surface area (Å²) in [6.45, 7) is 8.39. The molecule has 4 unspecified atom stereocenters. The normalized spacial score (nSPS) is 27.6. The summed E-state index contributed by atoms with van der Waals surface area (Å²) in [5.74, 6) is -0.731. The second-order valence-electron chi connectivity index (χ2n) is 6.72. The fourth-order valence-corrected chi connectivity index (χ4v) is 3.34. The van der Waals surface area contributed by atoms with Crippen molar-refractivity contribution >= 4 is 11.9 Å². The van der Waals surface area contributed by atoms with Crippen LogP contribution in [0.4, 0.5) is 0 Å². The lowest BCUT2D eigenvalue weighted by Gasteiger charge is -2.30. The van der Waals surface area contributed by atoms with Crippen LogP contribution >= 0.6 is 0 Å². The second kappa shape index (κ2) is 7.09. The number of carboxylic acids is 1. The first-order chi connectivity index (χ1) is 9.27. The van der Waals surface area contributed by atoms with Crippen LogP contribution in [0, 0.1) is 23.7 Å². The van der Waals surface area contributed by atoms with Crippen LogP contribution in [-0.4, -0.2) is 35.0 Å². The predicted molar refractivity (Wildman–Crippen MR) is 79.3 cm³/mol. The van der Waals surface area contributed by atoms with Gasteiger partial charge >= 0.3 is 5.97 Å². The van der Waals surface area contributed by atoms with Crippen LogP contribution in [0.3, 0.4) is 0 Å². The summed E-state index contributed by atoms with van der Waals surface area (Å²) in [6, 6.07) is 0.164. The summed E-state index contributed by atoms with van der Waals surface area (Å²) in [6.07, 6.45) is 3.28. The largest absolute Gasteiger partial charge is 0.481 e. The Balaban J connectivity index is 2.75. The highest BCUT2D eigenvalue weighted by Gasteiger charge is 2.43. The summed E-state index contributed by atoms with van der Waals surface area (Å²) >= 11 is 0. The van der Waals surface area contributed by atoms with E-state index < -0.39 is 11.9 Å². The van der Waals surface area contributed by atoms with Crippen molar-refractivity contribution in [3.8, 4) is 0 Å². The molecule has 20 heavy (non-hydrogen) atoms. The summed E-state index contributed by atoms with van der Waals surface area (Å²) in [7, 11) is 1.81. The van der Waals surface area contributed by atoms with E-state index in [1.165, 1.54) is 0 Å². The molecule has 0 aromatic rings. The predicted octanol–water partition coefficient (Wildman–Crippen LogP) is 3.02. The number of carboxylic acid groups (broad SMARTS) is 1. The molecule has 1 aliphatic rings. The molecule has 1 aliphatic carbocycles. The number of amides is 1. The molecule has 0 aromatic heterocycles. The Labute approximate surface area is 122 Å². The maximum Gasteiger partial charge on any atom is 0.307 e. The monoisotopic (exact) mass is 283 g/mol. The van der Waals surface area contributed by atoms with Gasteiger partial charge in [0.25, 0.3) is 0 Å². The summed E-state index contributed by atoms with van der Waals surface area (Å²) in [5, 5.41) is 9.34. The van der Waals surface area contributed by atoms with E-state index in [-0.39, 0.29) is 17.9 Å². The first-order valence-electron chi connectivity index (χ1n) is 7.77. The number of nitrogens with zero attached hydrogens (tertiary/aromatic N) is 1. The van der Waals surface area contributed by atoms with Crippen LogP contribution in [0.5, 0.6) is 0 Å². The number of carbonyl (C=O) groups excluding carboxylic acids is 1. The van der Waals surface area contributed by atoms with Crippen molar-refractivity contribution < 1.29 is 14.7 Å². The molecule has 0 aliphatic heterocycles. The maximum absolute atomic E-state index is 12.6. The first kappa shape index (κ1) is 17.0. The van der Waals surface area contributed by atoms with E-state index in [1.807, 2.05) is 14.0 Å². The molecular weight excluding hydrogens is 254 g/mol. The zero-order chi connectivity index (χ0) is 15.4. The number of hydrogen-bond acceptors (Lipinski definition) is 2. The SMILES string of the molecule is CCC1CC(C(=O)O)C(C(=O)N(C)C(C)CC(C)C)C1. The number of rotatable bonds is 6. The Hall–Kier alpha value is -1.06. The Bertz CT molecular complexity index is 354. The zero-order valence-corrected chi connectivity index (χ0v) is 13.4. The third-order valence-corrected chi connectivity index (χ3v) is 4.69. The van der Waals surface area contributed by atoms with Gasteiger partial charge in [-0.2, -0.15) is 0 Å². The van der Waals surface area contributed by atoms with Gasteiger partial charge in [-0.25, -0.2) is 0 Å². The lowest BCUT2D eigenvalue weighted by atomic mass is 9.93. The van der Waals surface area contributed by atoms with Crippen LogP contribution in [-0.2, 0) is 9.59 Å². The Morgan fingerprint density at radius 1 is 1.20 bits per heavy atom. The molecule has 1 fully saturated rings. The maximum atomic E-state index is 12.6. The molecule has 4 heteroatoms. The van der Waals surface area contributed by atoms with Crippen LogP contribution < -0.4 is 0 Å². The minimum absolute atomic E-state index is 0.0153. The minimum Gasteiger partial charge on any atom is -0.481 e. The molecule has 1 N–H and O–H groups in total. The van der Waals surface area contributed by atoms with Crippen molar-refractivity contribution in [2.24, 2.45) is 23.7 Å². The van der Waals surface area contributed by atoms with Gasteiger partial charge in [0, 0.05) is 13.1 Å². The standard InChI is InChI=1S/C16H29NO3/c1-6-12-8-13(14(9-12)16(19)20)15(18)17(5)11(4)7-10(2)3/h10-14H,6-9H2,1-5H3,(H,19,20). The van der Waals surface area contributed by atoms with E-state index in [0.717, 1.165) is 19.3 Å². The van der Waals surface area contributed by atoms with Gasteiger partial charge in [0.1, 0.15) is 0 Å². The molecule has 1 saturated carbocycles. The van der Waals surface area contributed by atoms with Gasteiger partial charge in [-0.15, -0.1) is 0 Å². The highest BCUT2D eigenvalue weighted by atomic mass is 16.4. The van der Waals surface area contributed by atoms with E-state index in [2.05, 4.69) is 20.8 Å². The first-order valence-corrected chi connectivity index (χ1v) is 7.77. The highest BCUT2D eigenvalue weighted by molar-refractivity contribution is 5.85. The molecule has 0 heterocycles. The smallest absolute Gasteiger partial charge is 0.307 e. The molecule has 0 radical (unpaired) electrons. The number of carbonyl (C=O) groups is 2. The minimum atomic E-state index is -0.816. The van der Waals surface area contributed by atoms with Crippen LogP contribution in [0.15, 0.2) is 0 Å². The molecule has 116 valence electrons. The van der Waals surface area contributed by atoms with Crippen molar-refractivity contribution in [2.75, 3.05) is 7.05 Å². The van der Waals surface area contributed by atoms with Crippen LogP contribution in [0.2, 0.25) is 0 Å². The lowest BCUT2D eigenvalue weighted by Crippen LogP contribution is -2.42. The van der Waals surface area contributed by atoms with Crippen molar-refractivity contribution in [1.82, 2.24) is 4.90 Å². The fourth-order valence-electron chi connectivity index (χ4n) is 3.34. The molecule has 0 aromatic carbocycles. The van der Waals surface area contributed by atoms with Crippen molar-refractivity contribution in [1.29, 1.82) is 0 Å². The molecule has 0 bridgehead atoms. The summed E-state index contributed by atoms with van der Waals surface area (Å²) < 4.78 is 0. The van der Waals surface area contributed by atoms with Crippen LogP contribution in [0.1, 0.15) is 53.4 Å². The van der Waals surface area contributed by atoms with Crippen molar-refractivity contribution in [3.63, 3.8) is 0 Å². The van der Waals surface area contributed by atoms with E-state index in [1.54, 1.807) is 4.90 Å². The van der Waals surface area contributed by atoms with Gasteiger partial charge in [0.15, 0.2) is 0 Å². The molecule has 1 amide bonds. The van der Waals surface area contributed by atoms with Gasteiger partial charge in [0.05, 0.1) is 11.8 Å². The Morgan fingerprint density at radius 2 is 1.75 bits per heavy atom. The van der Waals surface area contributed by atoms with E-state index in [4.69, 9.17) is 0 Å². The van der Waals surface area contributed by atoms with E-state index in [9.17, 15) is 14.7 Å². The average molecular weight is 283 g/mol. The Morgan fingerprint density at radius 3 is 2.20 bits per heavy atom. The topological polar surface area (TPSA) is 57.6 Å². The van der Waals surface area contributed by atoms with Gasteiger partial charge in [-0.3, -0.25) is 9.59 Å². The van der Waals surface area contributed by atoms with Gasteiger partial charge in [-0.05, 0) is 38.0 Å². The number of aliphatic carboxylic acids is 1. The molecule has 0 saturated heterocycles.